The van der Waals surface area contributed by atoms with Crippen LogP contribution in [0.2, 0.25) is 0 Å². The largest absolute Gasteiger partial charge is 0.405 e. The number of nitrogens with zero attached hydrogens (tertiary/aromatic N) is 2. The number of anilines is 1. The molecule has 0 spiro atoms. The average Bonchev–Trinajstić information content (AvgIpc) is 2.97. The van der Waals surface area contributed by atoms with Crippen LogP contribution in [0.5, 0.6) is 0 Å². The monoisotopic (exact) mass is 294 g/mol. The number of aromatic nitrogens is 1. The summed E-state index contributed by atoms with van der Waals surface area (Å²) in [7, 11) is 0. The minimum absolute atomic E-state index is 0.0205. The van der Waals surface area contributed by atoms with Crippen LogP contribution in [0.4, 0.5) is 19.0 Å². The van der Waals surface area contributed by atoms with Crippen LogP contribution in [0.25, 0.3) is 0 Å². The first-order valence-electron chi connectivity index (χ1n) is 4.91. The Morgan fingerprint density at radius 3 is 2.62 bits per heavy atom. The zero-order chi connectivity index (χ0) is 11.8. The van der Waals surface area contributed by atoms with Gasteiger partial charge in [-0.15, -0.1) is 0 Å². The molecule has 0 radical (unpaired) electrons. The number of rotatable bonds is 3. The number of hydrogen-bond donors (Lipinski definition) is 0. The fourth-order valence-corrected chi connectivity index (χ4v) is 2.03. The number of halogens is 4. The van der Waals surface area contributed by atoms with E-state index in [1.165, 1.54) is 11.1 Å². The quantitative estimate of drug-likeness (QED) is 0.850. The molecule has 0 aliphatic heterocycles. The summed E-state index contributed by atoms with van der Waals surface area (Å²) in [6.07, 6.45) is -1.08. The molecule has 0 bridgehead atoms. The van der Waals surface area contributed by atoms with E-state index in [0.29, 0.717) is 10.3 Å². The zero-order valence-electron chi connectivity index (χ0n) is 8.34. The Morgan fingerprint density at radius 2 is 2.12 bits per heavy atom. The molecule has 16 heavy (non-hydrogen) atoms. The number of hydrogen-bond acceptors (Lipinski definition) is 2. The van der Waals surface area contributed by atoms with Gasteiger partial charge in [0.05, 0.1) is 4.47 Å². The predicted molar refractivity (Wildman–Crippen MR) is 58.4 cm³/mol. The Balaban J connectivity index is 2.23. The Morgan fingerprint density at radius 1 is 1.44 bits per heavy atom. The second-order valence-corrected chi connectivity index (χ2v) is 4.64. The first kappa shape index (κ1) is 11.7. The summed E-state index contributed by atoms with van der Waals surface area (Å²) in [6.45, 7) is -0.937. The molecule has 2 rings (SSSR count). The van der Waals surface area contributed by atoms with Crippen LogP contribution >= 0.6 is 15.9 Å². The van der Waals surface area contributed by atoms with E-state index in [-0.39, 0.29) is 6.04 Å². The fourth-order valence-electron chi connectivity index (χ4n) is 1.54. The number of pyridine rings is 1. The highest BCUT2D eigenvalue weighted by atomic mass is 79.9. The minimum Gasteiger partial charge on any atom is -0.344 e. The summed E-state index contributed by atoms with van der Waals surface area (Å²) in [4.78, 5) is 5.33. The van der Waals surface area contributed by atoms with Crippen LogP contribution in [-0.2, 0) is 0 Å². The highest BCUT2D eigenvalue weighted by Crippen LogP contribution is 2.36. The molecule has 0 saturated heterocycles. The van der Waals surface area contributed by atoms with Crippen molar-refractivity contribution in [2.75, 3.05) is 11.4 Å². The molecular weight excluding hydrogens is 285 g/mol. The third-order valence-corrected chi connectivity index (χ3v) is 2.97. The van der Waals surface area contributed by atoms with Crippen molar-refractivity contribution in [2.24, 2.45) is 0 Å². The summed E-state index contributed by atoms with van der Waals surface area (Å²) >= 11 is 3.23. The molecule has 88 valence electrons. The standard InChI is InChI=1S/C10H10BrF3N2/c11-8-2-1-5-15-9(8)16(7-3-4-7)6-10(12,13)14/h1-2,5,7H,3-4,6H2. The summed E-state index contributed by atoms with van der Waals surface area (Å²) in [5.74, 6) is 0.377. The molecule has 1 aromatic heterocycles. The van der Waals surface area contributed by atoms with E-state index in [1.54, 1.807) is 12.1 Å². The molecule has 0 unspecified atom stereocenters. The molecule has 2 nitrogen and oxygen atoms in total. The van der Waals surface area contributed by atoms with E-state index < -0.39 is 12.7 Å². The van der Waals surface area contributed by atoms with Gasteiger partial charge in [-0.1, -0.05) is 0 Å². The Hall–Kier alpha value is -0.780. The maximum absolute atomic E-state index is 12.4. The molecule has 0 aromatic carbocycles. The van der Waals surface area contributed by atoms with Crippen LogP contribution in [0, 0.1) is 0 Å². The van der Waals surface area contributed by atoms with Crippen LogP contribution in [0.1, 0.15) is 12.8 Å². The fraction of sp³-hybridized carbons (Fsp3) is 0.500. The Bertz CT molecular complexity index is 377. The van der Waals surface area contributed by atoms with Gasteiger partial charge in [0.25, 0.3) is 0 Å². The van der Waals surface area contributed by atoms with E-state index >= 15 is 0 Å². The third-order valence-electron chi connectivity index (χ3n) is 2.35. The lowest BCUT2D eigenvalue weighted by Crippen LogP contribution is -2.36. The summed E-state index contributed by atoms with van der Waals surface area (Å²) in [5, 5.41) is 0. The van der Waals surface area contributed by atoms with Gasteiger partial charge in [0.1, 0.15) is 12.4 Å². The van der Waals surface area contributed by atoms with Gasteiger partial charge in [0, 0.05) is 12.2 Å². The SMILES string of the molecule is FC(F)(F)CN(c1ncccc1Br)C1CC1. The van der Waals surface area contributed by atoms with Crippen molar-refractivity contribution >= 4 is 21.7 Å². The van der Waals surface area contributed by atoms with Crippen LogP contribution in [0.15, 0.2) is 22.8 Å². The third kappa shape index (κ3) is 2.87. The Kier molecular flexibility index (Phi) is 3.10. The predicted octanol–water partition coefficient (Wildman–Crippen LogP) is 3.38. The van der Waals surface area contributed by atoms with Crippen LogP contribution in [0.3, 0.4) is 0 Å². The second kappa shape index (κ2) is 4.24. The molecule has 1 aliphatic carbocycles. The van der Waals surface area contributed by atoms with E-state index in [4.69, 9.17) is 0 Å². The minimum atomic E-state index is -4.19. The molecule has 1 aromatic rings. The molecule has 1 aliphatic rings. The van der Waals surface area contributed by atoms with Crippen molar-refractivity contribution in [2.45, 2.75) is 25.1 Å². The molecule has 0 atom stereocenters. The van der Waals surface area contributed by atoms with Crippen LogP contribution in [-0.4, -0.2) is 23.7 Å². The molecule has 1 heterocycles. The Labute approximate surface area is 99.6 Å². The summed E-state index contributed by atoms with van der Waals surface area (Å²) in [5.41, 5.74) is 0. The van der Waals surface area contributed by atoms with Crippen molar-refractivity contribution in [3.05, 3.63) is 22.8 Å². The summed E-state index contributed by atoms with van der Waals surface area (Å²) < 4.78 is 37.9. The first-order valence-corrected chi connectivity index (χ1v) is 5.70. The second-order valence-electron chi connectivity index (χ2n) is 3.78. The van der Waals surface area contributed by atoms with E-state index in [2.05, 4.69) is 20.9 Å². The van der Waals surface area contributed by atoms with Gasteiger partial charge < -0.3 is 4.90 Å². The lowest BCUT2D eigenvalue weighted by Gasteiger charge is -2.25. The lowest BCUT2D eigenvalue weighted by molar-refractivity contribution is -0.120. The van der Waals surface area contributed by atoms with Gasteiger partial charge in [-0.05, 0) is 40.9 Å². The van der Waals surface area contributed by atoms with Gasteiger partial charge in [-0.3, -0.25) is 0 Å². The highest BCUT2D eigenvalue weighted by molar-refractivity contribution is 9.10. The van der Waals surface area contributed by atoms with Gasteiger partial charge in [0.2, 0.25) is 0 Å². The van der Waals surface area contributed by atoms with Gasteiger partial charge in [-0.25, -0.2) is 4.98 Å². The van der Waals surface area contributed by atoms with E-state index in [0.717, 1.165) is 12.8 Å². The van der Waals surface area contributed by atoms with Gasteiger partial charge in [0.15, 0.2) is 0 Å². The normalized spacial score (nSPS) is 16.2. The first-order chi connectivity index (χ1) is 7.47. The number of alkyl halides is 3. The summed E-state index contributed by atoms with van der Waals surface area (Å²) in [6, 6.07) is 3.37. The van der Waals surface area contributed by atoms with Crippen molar-refractivity contribution in [1.82, 2.24) is 4.98 Å². The van der Waals surface area contributed by atoms with Crippen molar-refractivity contribution in [3.63, 3.8) is 0 Å². The molecule has 0 amide bonds. The highest BCUT2D eigenvalue weighted by Gasteiger charge is 2.39. The topological polar surface area (TPSA) is 16.1 Å². The molecular formula is C10H10BrF3N2. The van der Waals surface area contributed by atoms with Gasteiger partial charge in [-0.2, -0.15) is 13.2 Å². The van der Waals surface area contributed by atoms with Gasteiger partial charge >= 0.3 is 6.18 Å². The molecule has 6 heteroatoms. The van der Waals surface area contributed by atoms with E-state index in [9.17, 15) is 13.2 Å². The molecule has 1 saturated carbocycles. The van der Waals surface area contributed by atoms with E-state index in [1.807, 2.05) is 0 Å². The lowest BCUT2D eigenvalue weighted by atomic mass is 10.4. The maximum atomic E-state index is 12.4. The molecule has 1 fully saturated rings. The average molecular weight is 295 g/mol. The molecule has 0 N–H and O–H groups in total. The maximum Gasteiger partial charge on any atom is 0.405 e. The van der Waals surface area contributed by atoms with Crippen molar-refractivity contribution < 1.29 is 13.2 Å². The van der Waals surface area contributed by atoms with Crippen molar-refractivity contribution in [3.8, 4) is 0 Å². The van der Waals surface area contributed by atoms with Crippen LogP contribution < -0.4 is 4.90 Å². The van der Waals surface area contributed by atoms with Crippen molar-refractivity contribution in [1.29, 1.82) is 0 Å². The zero-order valence-corrected chi connectivity index (χ0v) is 9.92. The smallest absolute Gasteiger partial charge is 0.344 e.